The third-order valence-electron chi connectivity index (χ3n) is 6.30. The standard InChI is InChI=1S/C24H26N2O6/c1-31-15-24(22(28)29)11-6-12-26(24)21(27)13-25-23(30)32-14-20-18-9-4-2-7-16(18)17-8-3-5-10-19(17)20/h2-5,7-10,20H,6,11-15H2,1H3,(H,25,30)(H,28,29). The van der Waals surface area contributed by atoms with Crippen molar-refractivity contribution in [1.29, 1.82) is 0 Å². The Kier molecular flexibility index (Phi) is 6.14. The normalized spacial score (nSPS) is 19.3. The molecule has 2 N–H and O–H groups in total. The van der Waals surface area contributed by atoms with Crippen molar-refractivity contribution in [3.05, 3.63) is 59.7 Å². The van der Waals surface area contributed by atoms with Crippen LogP contribution in [0.3, 0.4) is 0 Å². The highest BCUT2D eigenvalue weighted by molar-refractivity contribution is 5.90. The van der Waals surface area contributed by atoms with Crippen molar-refractivity contribution in [3.8, 4) is 11.1 Å². The van der Waals surface area contributed by atoms with Gasteiger partial charge in [0.15, 0.2) is 5.54 Å². The Labute approximate surface area is 186 Å². The molecule has 0 aromatic heterocycles. The molecule has 1 atom stereocenters. The number of hydrogen-bond donors (Lipinski definition) is 2. The molecule has 1 aliphatic heterocycles. The third kappa shape index (κ3) is 3.82. The Morgan fingerprint density at radius 1 is 1.09 bits per heavy atom. The van der Waals surface area contributed by atoms with Gasteiger partial charge in [0, 0.05) is 19.6 Å². The smallest absolute Gasteiger partial charge is 0.407 e. The van der Waals surface area contributed by atoms with Gasteiger partial charge in [0.2, 0.25) is 5.91 Å². The van der Waals surface area contributed by atoms with Gasteiger partial charge in [0.25, 0.3) is 0 Å². The highest BCUT2D eigenvalue weighted by Crippen LogP contribution is 2.44. The SMILES string of the molecule is COCC1(C(=O)O)CCCN1C(=O)CNC(=O)OCC1c2ccccc2-c2ccccc21. The first-order chi connectivity index (χ1) is 15.5. The van der Waals surface area contributed by atoms with E-state index in [1.54, 1.807) is 0 Å². The highest BCUT2D eigenvalue weighted by atomic mass is 16.5. The number of carbonyl (C=O) groups is 3. The van der Waals surface area contributed by atoms with E-state index in [1.807, 2.05) is 36.4 Å². The number of nitrogens with zero attached hydrogens (tertiary/aromatic N) is 1. The zero-order chi connectivity index (χ0) is 22.7. The molecule has 2 aliphatic rings. The molecule has 8 nitrogen and oxygen atoms in total. The minimum absolute atomic E-state index is 0.0798. The molecule has 2 aromatic carbocycles. The summed E-state index contributed by atoms with van der Waals surface area (Å²) in [7, 11) is 1.40. The number of carboxylic acid groups (broad SMARTS) is 1. The Morgan fingerprint density at radius 3 is 2.31 bits per heavy atom. The minimum atomic E-state index is -1.39. The summed E-state index contributed by atoms with van der Waals surface area (Å²) in [5.41, 5.74) is 3.06. The quantitative estimate of drug-likeness (QED) is 0.689. The summed E-state index contributed by atoms with van der Waals surface area (Å²) in [6, 6.07) is 16.0. The van der Waals surface area contributed by atoms with Gasteiger partial charge in [-0.1, -0.05) is 48.5 Å². The summed E-state index contributed by atoms with van der Waals surface area (Å²) in [6.07, 6.45) is 0.159. The molecule has 0 radical (unpaired) electrons. The number of alkyl carbamates (subject to hydrolysis) is 1. The van der Waals surface area contributed by atoms with Gasteiger partial charge in [0.1, 0.15) is 13.2 Å². The molecule has 1 heterocycles. The van der Waals surface area contributed by atoms with Crippen molar-refractivity contribution in [2.45, 2.75) is 24.3 Å². The molecule has 0 saturated carbocycles. The fourth-order valence-electron chi connectivity index (χ4n) is 4.81. The number of likely N-dealkylation sites (tertiary alicyclic amines) is 1. The topological polar surface area (TPSA) is 105 Å². The first-order valence-corrected chi connectivity index (χ1v) is 10.6. The zero-order valence-electron chi connectivity index (χ0n) is 17.9. The van der Waals surface area contributed by atoms with E-state index >= 15 is 0 Å². The molecule has 1 fully saturated rings. The predicted molar refractivity (Wildman–Crippen MR) is 116 cm³/mol. The van der Waals surface area contributed by atoms with Gasteiger partial charge in [-0.2, -0.15) is 0 Å². The number of aliphatic carboxylic acids is 1. The molecular formula is C24H26N2O6. The van der Waals surface area contributed by atoms with Crippen LogP contribution >= 0.6 is 0 Å². The Hall–Kier alpha value is -3.39. The van der Waals surface area contributed by atoms with E-state index < -0.39 is 23.5 Å². The van der Waals surface area contributed by atoms with Crippen molar-refractivity contribution >= 4 is 18.0 Å². The van der Waals surface area contributed by atoms with Crippen molar-refractivity contribution in [1.82, 2.24) is 10.2 Å². The second kappa shape index (κ2) is 9.00. The maximum absolute atomic E-state index is 12.7. The molecule has 1 aliphatic carbocycles. The van der Waals surface area contributed by atoms with Gasteiger partial charge in [0.05, 0.1) is 6.61 Å². The van der Waals surface area contributed by atoms with Crippen LogP contribution in [0.15, 0.2) is 48.5 Å². The predicted octanol–water partition coefficient (Wildman–Crippen LogP) is 2.62. The summed E-state index contributed by atoms with van der Waals surface area (Å²) in [5, 5.41) is 12.1. The molecule has 4 rings (SSSR count). The first-order valence-electron chi connectivity index (χ1n) is 10.6. The number of carbonyl (C=O) groups excluding carboxylic acids is 2. The number of amides is 2. The number of hydrogen-bond acceptors (Lipinski definition) is 5. The van der Waals surface area contributed by atoms with Crippen molar-refractivity contribution in [2.75, 3.05) is 33.4 Å². The van der Waals surface area contributed by atoms with Gasteiger partial charge < -0.3 is 24.8 Å². The molecule has 168 valence electrons. The molecule has 32 heavy (non-hydrogen) atoms. The Balaban J connectivity index is 1.36. The van der Waals surface area contributed by atoms with Crippen LogP contribution in [0.5, 0.6) is 0 Å². The fraction of sp³-hybridized carbons (Fsp3) is 0.375. The van der Waals surface area contributed by atoms with Gasteiger partial charge in [-0.3, -0.25) is 4.79 Å². The molecule has 0 spiro atoms. The van der Waals surface area contributed by atoms with Crippen LogP contribution in [-0.4, -0.2) is 66.9 Å². The minimum Gasteiger partial charge on any atom is -0.479 e. The molecule has 0 bridgehead atoms. The van der Waals surface area contributed by atoms with E-state index in [1.165, 1.54) is 12.0 Å². The van der Waals surface area contributed by atoms with E-state index in [4.69, 9.17) is 9.47 Å². The Morgan fingerprint density at radius 2 is 1.72 bits per heavy atom. The van der Waals surface area contributed by atoms with Crippen molar-refractivity contribution in [2.24, 2.45) is 0 Å². The third-order valence-corrected chi connectivity index (χ3v) is 6.30. The van der Waals surface area contributed by atoms with Crippen LogP contribution < -0.4 is 5.32 Å². The summed E-state index contributed by atoms with van der Waals surface area (Å²) < 4.78 is 10.5. The van der Waals surface area contributed by atoms with Crippen LogP contribution in [0.1, 0.15) is 29.9 Å². The number of rotatable bonds is 7. The van der Waals surface area contributed by atoms with E-state index in [-0.39, 0.29) is 25.7 Å². The van der Waals surface area contributed by atoms with Crippen molar-refractivity contribution < 1.29 is 29.0 Å². The first kappa shape index (κ1) is 21.8. The maximum Gasteiger partial charge on any atom is 0.407 e. The molecule has 1 unspecified atom stereocenters. The molecule has 2 amide bonds. The lowest BCUT2D eigenvalue weighted by Gasteiger charge is -2.34. The highest BCUT2D eigenvalue weighted by Gasteiger charge is 2.50. The van der Waals surface area contributed by atoms with E-state index in [2.05, 4.69) is 17.4 Å². The number of carboxylic acids is 1. The van der Waals surface area contributed by atoms with Crippen LogP contribution in [-0.2, 0) is 19.1 Å². The van der Waals surface area contributed by atoms with Crippen LogP contribution in [0, 0.1) is 0 Å². The molecule has 2 aromatic rings. The molecule has 1 saturated heterocycles. The van der Waals surface area contributed by atoms with E-state index in [9.17, 15) is 19.5 Å². The average Bonchev–Trinajstić information content (AvgIpc) is 3.37. The van der Waals surface area contributed by atoms with Gasteiger partial charge >= 0.3 is 12.1 Å². The second-order valence-corrected chi connectivity index (χ2v) is 8.10. The summed E-state index contributed by atoms with van der Waals surface area (Å²) in [4.78, 5) is 38.1. The zero-order valence-corrected chi connectivity index (χ0v) is 17.9. The van der Waals surface area contributed by atoms with Gasteiger partial charge in [-0.15, -0.1) is 0 Å². The average molecular weight is 438 g/mol. The van der Waals surface area contributed by atoms with Crippen LogP contribution in [0.25, 0.3) is 11.1 Å². The lowest BCUT2D eigenvalue weighted by molar-refractivity contribution is -0.159. The molecular weight excluding hydrogens is 412 g/mol. The number of ether oxygens (including phenoxy) is 2. The number of methoxy groups -OCH3 is 1. The maximum atomic E-state index is 12.7. The number of fused-ring (bicyclic) bond motifs is 3. The Bertz CT molecular complexity index is 993. The lowest BCUT2D eigenvalue weighted by Crippen LogP contribution is -2.57. The monoisotopic (exact) mass is 438 g/mol. The van der Waals surface area contributed by atoms with Gasteiger partial charge in [-0.05, 0) is 35.1 Å². The van der Waals surface area contributed by atoms with Gasteiger partial charge in [-0.25, -0.2) is 9.59 Å². The second-order valence-electron chi connectivity index (χ2n) is 8.10. The van der Waals surface area contributed by atoms with Crippen molar-refractivity contribution in [3.63, 3.8) is 0 Å². The summed E-state index contributed by atoms with van der Waals surface area (Å²) in [5.74, 6) is -1.66. The summed E-state index contributed by atoms with van der Waals surface area (Å²) in [6.45, 7) is 0.00972. The number of benzene rings is 2. The van der Waals surface area contributed by atoms with E-state index in [0.717, 1.165) is 22.3 Å². The van der Waals surface area contributed by atoms with Crippen LogP contribution in [0.4, 0.5) is 4.79 Å². The number of nitrogens with one attached hydrogen (secondary N) is 1. The van der Waals surface area contributed by atoms with Crippen LogP contribution in [0.2, 0.25) is 0 Å². The fourth-order valence-corrected chi connectivity index (χ4v) is 4.81. The summed E-state index contributed by atoms with van der Waals surface area (Å²) >= 11 is 0. The van der Waals surface area contributed by atoms with E-state index in [0.29, 0.717) is 19.4 Å². The largest absolute Gasteiger partial charge is 0.479 e. The lowest BCUT2D eigenvalue weighted by atomic mass is 9.97. The molecule has 8 heteroatoms.